The van der Waals surface area contributed by atoms with E-state index in [1.54, 1.807) is 6.07 Å². The SMILES string of the molecule is COc1ccc(S(=O)(=O)N2CCC[C@H](C(=O)NCCC(C)C)C2)cc1OC. The number of hydrogen-bond acceptors (Lipinski definition) is 5. The topological polar surface area (TPSA) is 84.9 Å². The van der Waals surface area contributed by atoms with Crippen molar-refractivity contribution in [2.45, 2.75) is 38.0 Å². The molecule has 1 N–H and O–H groups in total. The van der Waals surface area contributed by atoms with Crippen LogP contribution in [0.3, 0.4) is 0 Å². The molecule has 2 rings (SSSR count). The van der Waals surface area contributed by atoms with Crippen LogP contribution in [0.15, 0.2) is 23.1 Å². The molecule has 152 valence electrons. The zero-order chi connectivity index (χ0) is 20.0. The van der Waals surface area contributed by atoms with E-state index in [-0.39, 0.29) is 23.3 Å². The van der Waals surface area contributed by atoms with Gasteiger partial charge in [-0.15, -0.1) is 0 Å². The van der Waals surface area contributed by atoms with E-state index < -0.39 is 10.0 Å². The van der Waals surface area contributed by atoms with Gasteiger partial charge in [0.05, 0.1) is 25.0 Å². The van der Waals surface area contributed by atoms with E-state index in [0.717, 1.165) is 6.42 Å². The molecule has 0 aliphatic carbocycles. The summed E-state index contributed by atoms with van der Waals surface area (Å²) in [7, 11) is -0.738. The number of methoxy groups -OCH3 is 2. The molecule has 27 heavy (non-hydrogen) atoms. The van der Waals surface area contributed by atoms with Crippen molar-refractivity contribution in [3.05, 3.63) is 18.2 Å². The fraction of sp³-hybridized carbons (Fsp3) is 0.632. The molecule has 0 bridgehead atoms. The molecule has 7 nitrogen and oxygen atoms in total. The third-order valence-electron chi connectivity index (χ3n) is 4.77. The molecular weight excluding hydrogens is 368 g/mol. The Morgan fingerprint density at radius 1 is 1.26 bits per heavy atom. The number of benzene rings is 1. The molecule has 1 aliphatic rings. The zero-order valence-electron chi connectivity index (χ0n) is 16.5. The minimum atomic E-state index is -3.70. The molecule has 1 aromatic carbocycles. The number of sulfonamides is 1. The third-order valence-corrected chi connectivity index (χ3v) is 6.63. The summed E-state index contributed by atoms with van der Waals surface area (Å²) in [6, 6.07) is 4.54. The summed E-state index contributed by atoms with van der Waals surface area (Å²) in [6.45, 7) is 5.43. The minimum Gasteiger partial charge on any atom is -0.493 e. The lowest BCUT2D eigenvalue weighted by atomic mass is 9.98. The standard InChI is InChI=1S/C19H30N2O5S/c1-14(2)9-10-20-19(22)15-6-5-11-21(13-15)27(23,24)16-7-8-17(25-3)18(12-16)26-4/h7-8,12,14-15H,5-6,9-11,13H2,1-4H3,(H,20,22)/t15-/m0/s1. The normalized spacial score (nSPS) is 18.3. The minimum absolute atomic E-state index is 0.0668. The summed E-state index contributed by atoms with van der Waals surface area (Å²) in [5.74, 6) is 0.957. The summed E-state index contributed by atoms with van der Waals surface area (Å²) < 4.78 is 37.8. The molecule has 1 aromatic rings. The van der Waals surface area contributed by atoms with E-state index >= 15 is 0 Å². The summed E-state index contributed by atoms with van der Waals surface area (Å²) in [4.78, 5) is 12.5. The van der Waals surface area contributed by atoms with Gasteiger partial charge in [-0.3, -0.25) is 4.79 Å². The Morgan fingerprint density at radius 2 is 1.96 bits per heavy atom. The predicted molar refractivity (Wildman–Crippen MR) is 103 cm³/mol. The van der Waals surface area contributed by atoms with Gasteiger partial charge in [0.2, 0.25) is 15.9 Å². The second-order valence-corrected chi connectivity index (χ2v) is 9.13. The van der Waals surface area contributed by atoms with Crippen LogP contribution in [0.1, 0.15) is 33.1 Å². The van der Waals surface area contributed by atoms with E-state index in [1.165, 1.54) is 30.7 Å². The fourth-order valence-corrected chi connectivity index (χ4v) is 4.67. The summed E-state index contributed by atoms with van der Waals surface area (Å²) in [6.07, 6.45) is 2.27. The average molecular weight is 399 g/mol. The van der Waals surface area contributed by atoms with Crippen LogP contribution in [0.5, 0.6) is 11.5 Å². The number of carbonyl (C=O) groups excluding carboxylic acids is 1. The van der Waals surface area contributed by atoms with Crippen molar-refractivity contribution < 1.29 is 22.7 Å². The van der Waals surface area contributed by atoms with Crippen molar-refractivity contribution in [1.29, 1.82) is 0 Å². The van der Waals surface area contributed by atoms with Crippen LogP contribution in [0, 0.1) is 11.8 Å². The van der Waals surface area contributed by atoms with E-state index in [1.807, 2.05) is 0 Å². The van der Waals surface area contributed by atoms with Crippen LogP contribution in [-0.2, 0) is 14.8 Å². The lowest BCUT2D eigenvalue weighted by Crippen LogP contribution is -2.45. The summed E-state index contributed by atoms with van der Waals surface area (Å²) in [5, 5.41) is 2.93. The molecule has 8 heteroatoms. The highest BCUT2D eigenvalue weighted by atomic mass is 32.2. The largest absolute Gasteiger partial charge is 0.493 e. The van der Waals surface area contributed by atoms with Crippen molar-refractivity contribution >= 4 is 15.9 Å². The van der Waals surface area contributed by atoms with E-state index in [2.05, 4.69) is 19.2 Å². The van der Waals surface area contributed by atoms with Crippen LogP contribution in [0.4, 0.5) is 0 Å². The molecule has 0 saturated carbocycles. The van der Waals surface area contributed by atoms with Crippen LogP contribution in [0.25, 0.3) is 0 Å². The highest BCUT2D eigenvalue weighted by molar-refractivity contribution is 7.89. The van der Waals surface area contributed by atoms with Crippen LogP contribution < -0.4 is 14.8 Å². The first-order valence-corrected chi connectivity index (χ1v) is 10.7. The first-order chi connectivity index (χ1) is 12.8. The van der Waals surface area contributed by atoms with Gasteiger partial charge in [-0.25, -0.2) is 8.42 Å². The predicted octanol–water partition coefficient (Wildman–Crippen LogP) is 2.27. The second kappa shape index (κ2) is 9.41. The Hall–Kier alpha value is -1.80. The monoisotopic (exact) mass is 398 g/mol. The number of amides is 1. The molecule has 0 radical (unpaired) electrons. The quantitative estimate of drug-likeness (QED) is 0.726. The number of rotatable bonds is 8. The van der Waals surface area contributed by atoms with Crippen molar-refractivity contribution in [3.8, 4) is 11.5 Å². The second-order valence-electron chi connectivity index (χ2n) is 7.19. The number of nitrogens with one attached hydrogen (secondary N) is 1. The van der Waals surface area contributed by atoms with Crippen molar-refractivity contribution in [1.82, 2.24) is 9.62 Å². The first-order valence-electron chi connectivity index (χ1n) is 9.29. The van der Waals surface area contributed by atoms with Crippen molar-refractivity contribution in [2.75, 3.05) is 33.9 Å². The number of carbonyl (C=O) groups is 1. The summed E-state index contributed by atoms with van der Waals surface area (Å²) in [5.41, 5.74) is 0. The molecule has 1 aliphatic heterocycles. The van der Waals surface area contributed by atoms with Gasteiger partial charge in [0.15, 0.2) is 11.5 Å². The van der Waals surface area contributed by atoms with Gasteiger partial charge in [-0.2, -0.15) is 4.31 Å². The molecule has 1 saturated heterocycles. The molecular formula is C19H30N2O5S. The van der Waals surface area contributed by atoms with Gasteiger partial charge in [-0.1, -0.05) is 13.8 Å². The van der Waals surface area contributed by atoms with Gasteiger partial charge >= 0.3 is 0 Å². The first kappa shape index (κ1) is 21.5. The van der Waals surface area contributed by atoms with Gasteiger partial charge in [0.25, 0.3) is 0 Å². The highest BCUT2D eigenvalue weighted by Gasteiger charge is 2.33. The molecule has 1 heterocycles. The average Bonchev–Trinajstić information content (AvgIpc) is 2.67. The maximum absolute atomic E-state index is 13.0. The Kier molecular flexibility index (Phi) is 7.49. The third kappa shape index (κ3) is 5.35. The molecule has 0 spiro atoms. The zero-order valence-corrected chi connectivity index (χ0v) is 17.3. The van der Waals surface area contributed by atoms with Crippen LogP contribution in [-0.4, -0.2) is 52.5 Å². The fourth-order valence-electron chi connectivity index (χ4n) is 3.13. The molecule has 1 atom stereocenters. The van der Waals surface area contributed by atoms with Crippen LogP contribution in [0.2, 0.25) is 0 Å². The highest BCUT2D eigenvalue weighted by Crippen LogP contribution is 2.32. The Morgan fingerprint density at radius 3 is 2.59 bits per heavy atom. The lowest BCUT2D eigenvalue weighted by molar-refractivity contribution is -0.126. The Balaban J connectivity index is 2.11. The number of hydrogen-bond donors (Lipinski definition) is 1. The maximum atomic E-state index is 13.0. The van der Waals surface area contributed by atoms with Gasteiger partial charge in [0.1, 0.15) is 0 Å². The number of piperidine rings is 1. The van der Waals surface area contributed by atoms with Gasteiger partial charge in [0, 0.05) is 25.7 Å². The Bertz CT molecular complexity index is 748. The molecule has 1 fully saturated rings. The van der Waals surface area contributed by atoms with Crippen molar-refractivity contribution in [2.24, 2.45) is 11.8 Å². The number of nitrogens with zero attached hydrogens (tertiary/aromatic N) is 1. The maximum Gasteiger partial charge on any atom is 0.243 e. The van der Waals surface area contributed by atoms with E-state index in [4.69, 9.17) is 9.47 Å². The van der Waals surface area contributed by atoms with E-state index in [9.17, 15) is 13.2 Å². The smallest absolute Gasteiger partial charge is 0.243 e. The lowest BCUT2D eigenvalue weighted by Gasteiger charge is -2.31. The van der Waals surface area contributed by atoms with Crippen molar-refractivity contribution in [3.63, 3.8) is 0 Å². The molecule has 0 aromatic heterocycles. The van der Waals surface area contributed by atoms with Gasteiger partial charge < -0.3 is 14.8 Å². The summed E-state index contributed by atoms with van der Waals surface area (Å²) >= 11 is 0. The number of ether oxygens (including phenoxy) is 2. The molecule has 0 unspecified atom stereocenters. The molecule has 1 amide bonds. The Labute approximate surface area is 162 Å². The van der Waals surface area contributed by atoms with Crippen LogP contribution >= 0.6 is 0 Å². The van der Waals surface area contributed by atoms with Gasteiger partial charge in [-0.05, 0) is 37.3 Å². The van der Waals surface area contributed by atoms with E-state index in [0.29, 0.717) is 43.3 Å².